The molecule has 0 bridgehead atoms. The van der Waals surface area contributed by atoms with Crippen LogP contribution in [-0.2, 0) is 4.79 Å². The third-order valence-corrected chi connectivity index (χ3v) is 5.82. The van der Waals surface area contributed by atoms with Gasteiger partial charge in [0.25, 0.3) is 0 Å². The summed E-state index contributed by atoms with van der Waals surface area (Å²) in [7, 11) is 0. The van der Waals surface area contributed by atoms with E-state index in [9.17, 15) is 10.1 Å². The maximum Gasteiger partial charge on any atom is 0.165 e. The summed E-state index contributed by atoms with van der Waals surface area (Å²) in [4.78, 5) is 12.8. The number of Topliss-reactive ketones (excluding diaryl/α,β-unsaturated/α-hetero) is 1. The molecule has 142 valence electrons. The van der Waals surface area contributed by atoms with E-state index in [0.717, 1.165) is 40.7 Å². The average molecular weight is 370 g/mol. The number of allylic oxidation sites excluding steroid dienone is 3. The summed E-state index contributed by atoms with van der Waals surface area (Å²) in [6.45, 7) is 8.34. The Morgan fingerprint density at radius 3 is 2.25 bits per heavy atom. The first kappa shape index (κ1) is 19.8. The van der Waals surface area contributed by atoms with Crippen LogP contribution in [0.5, 0.6) is 0 Å². The fourth-order valence-electron chi connectivity index (χ4n) is 4.17. The SMILES string of the molecule is C=C(CC(c1ccccc1)C(C#N)c1ccccc1)C1=C(C)CCC(C)C1=O. The summed E-state index contributed by atoms with van der Waals surface area (Å²) >= 11 is 0. The molecule has 2 aromatic carbocycles. The topological polar surface area (TPSA) is 40.9 Å². The Balaban J connectivity index is 1.98. The third kappa shape index (κ3) is 4.15. The molecule has 0 aliphatic heterocycles. The lowest BCUT2D eigenvalue weighted by atomic mass is 9.74. The first-order valence-corrected chi connectivity index (χ1v) is 9.94. The molecule has 2 nitrogen and oxygen atoms in total. The van der Waals surface area contributed by atoms with E-state index in [2.05, 4.69) is 24.8 Å². The van der Waals surface area contributed by atoms with Gasteiger partial charge in [-0.25, -0.2) is 0 Å². The van der Waals surface area contributed by atoms with Crippen LogP contribution in [0.15, 0.2) is 84.0 Å². The average Bonchev–Trinajstić information content (AvgIpc) is 2.72. The zero-order valence-corrected chi connectivity index (χ0v) is 16.7. The molecular weight excluding hydrogens is 342 g/mol. The zero-order chi connectivity index (χ0) is 20.1. The number of ketones is 1. The molecule has 3 atom stereocenters. The fraction of sp³-hybridized carbons (Fsp3) is 0.308. The summed E-state index contributed by atoms with van der Waals surface area (Å²) in [5.41, 5.74) is 4.91. The van der Waals surface area contributed by atoms with Crippen molar-refractivity contribution in [3.05, 3.63) is 95.1 Å². The van der Waals surface area contributed by atoms with Crippen LogP contribution in [0.3, 0.4) is 0 Å². The summed E-state index contributed by atoms with van der Waals surface area (Å²) in [5.74, 6) is -0.0934. The van der Waals surface area contributed by atoms with Gasteiger partial charge < -0.3 is 0 Å². The van der Waals surface area contributed by atoms with Crippen molar-refractivity contribution in [1.82, 2.24) is 0 Å². The van der Waals surface area contributed by atoms with Gasteiger partial charge in [0, 0.05) is 17.4 Å². The minimum Gasteiger partial charge on any atom is -0.294 e. The van der Waals surface area contributed by atoms with Gasteiger partial charge in [-0.05, 0) is 42.9 Å². The summed E-state index contributed by atoms with van der Waals surface area (Å²) in [6.07, 6.45) is 2.45. The predicted molar refractivity (Wildman–Crippen MR) is 114 cm³/mol. The van der Waals surface area contributed by atoms with E-state index < -0.39 is 0 Å². The Morgan fingerprint density at radius 2 is 1.68 bits per heavy atom. The minimum absolute atomic E-state index is 0.0477. The molecule has 0 saturated heterocycles. The van der Waals surface area contributed by atoms with Gasteiger partial charge in [0.15, 0.2) is 5.78 Å². The largest absolute Gasteiger partial charge is 0.294 e. The maximum atomic E-state index is 12.8. The number of nitrogens with zero attached hydrogens (tertiary/aromatic N) is 1. The second-order valence-corrected chi connectivity index (χ2v) is 7.80. The van der Waals surface area contributed by atoms with Crippen LogP contribution < -0.4 is 0 Å². The van der Waals surface area contributed by atoms with Crippen molar-refractivity contribution in [2.24, 2.45) is 5.92 Å². The molecule has 0 spiro atoms. The Hall–Kier alpha value is -2.92. The molecule has 3 rings (SSSR count). The van der Waals surface area contributed by atoms with E-state index in [0.29, 0.717) is 6.42 Å². The van der Waals surface area contributed by atoms with Crippen molar-refractivity contribution in [3.8, 4) is 6.07 Å². The van der Waals surface area contributed by atoms with Gasteiger partial charge >= 0.3 is 0 Å². The van der Waals surface area contributed by atoms with Gasteiger partial charge in [-0.1, -0.05) is 79.7 Å². The van der Waals surface area contributed by atoms with E-state index in [1.165, 1.54) is 0 Å². The highest BCUT2D eigenvalue weighted by molar-refractivity contribution is 6.02. The van der Waals surface area contributed by atoms with E-state index in [1.807, 2.05) is 62.4 Å². The van der Waals surface area contributed by atoms with Crippen LogP contribution >= 0.6 is 0 Å². The molecule has 0 fully saturated rings. The zero-order valence-electron chi connectivity index (χ0n) is 16.7. The molecule has 3 unspecified atom stereocenters. The maximum absolute atomic E-state index is 12.8. The van der Waals surface area contributed by atoms with Gasteiger partial charge in [0.1, 0.15) is 0 Å². The molecule has 0 aromatic heterocycles. The molecule has 2 aromatic rings. The third-order valence-electron chi connectivity index (χ3n) is 5.82. The minimum atomic E-state index is -0.294. The van der Waals surface area contributed by atoms with Gasteiger partial charge in [0.05, 0.1) is 12.0 Å². The molecule has 0 heterocycles. The Bertz CT molecular complexity index is 918. The Morgan fingerprint density at radius 1 is 1.11 bits per heavy atom. The van der Waals surface area contributed by atoms with Gasteiger partial charge in [-0.15, -0.1) is 0 Å². The number of carbonyl (C=O) groups excluding carboxylic acids is 1. The van der Waals surface area contributed by atoms with E-state index in [1.54, 1.807) is 0 Å². The molecule has 28 heavy (non-hydrogen) atoms. The highest BCUT2D eigenvalue weighted by atomic mass is 16.1. The Kier molecular flexibility index (Phi) is 6.26. The van der Waals surface area contributed by atoms with Crippen LogP contribution in [0.2, 0.25) is 0 Å². The molecule has 0 N–H and O–H groups in total. The quantitative estimate of drug-likeness (QED) is 0.596. The van der Waals surface area contributed by atoms with E-state index in [4.69, 9.17) is 0 Å². The standard InChI is InChI=1S/C26H27NO/c1-18-14-15-19(2)26(28)25(18)20(3)16-23(21-10-6-4-7-11-21)24(17-27)22-12-8-5-9-13-22/h4-13,19,23-24H,3,14-16H2,1-2H3. The molecule has 1 aliphatic rings. The Labute approximate surface area is 168 Å². The van der Waals surface area contributed by atoms with Gasteiger partial charge in [-0.3, -0.25) is 4.79 Å². The van der Waals surface area contributed by atoms with Gasteiger partial charge in [0.2, 0.25) is 0 Å². The number of rotatable bonds is 6. The molecule has 1 aliphatic carbocycles. The van der Waals surface area contributed by atoms with Crippen LogP contribution in [0.1, 0.15) is 56.1 Å². The smallest absolute Gasteiger partial charge is 0.165 e. The van der Waals surface area contributed by atoms with Crippen molar-refractivity contribution in [1.29, 1.82) is 5.26 Å². The summed E-state index contributed by atoms with van der Waals surface area (Å²) in [5, 5.41) is 10.0. The molecule has 0 saturated carbocycles. The lowest BCUT2D eigenvalue weighted by molar-refractivity contribution is -0.119. The second kappa shape index (κ2) is 8.85. The predicted octanol–water partition coefficient (Wildman–Crippen LogP) is 6.34. The van der Waals surface area contributed by atoms with E-state index in [-0.39, 0.29) is 23.5 Å². The van der Waals surface area contributed by atoms with Crippen LogP contribution in [0.4, 0.5) is 0 Å². The van der Waals surface area contributed by atoms with Crippen LogP contribution in [0, 0.1) is 17.2 Å². The second-order valence-electron chi connectivity index (χ2n) is 7.80. The number of nitriles is 1. The number of carbonyl (C=O) groups is 1. The monoisotopic (exact) mass is 369 g/mol. The first-order valence-electron chi connectivity index (χ1n) is 9.94. The van der Waals surface area contributed by atoms with Crippen molar-refractivity contribution in [2.75, 3.05) is 0 Å². The fourth-order valence-corrected chi connectivity index (χ4v) is 4.17. The summed E-state index contributed by atoms with van der Waals surface area (Å²) < 4.78 is 0. The molecule has 0 amide bonds. The number of hydrogen-bond acceptors (Lipinski definition) is 2. The first-order chi connectivity index (χ1) is 13.5. The highest BCUT2D eigenvalue weighted by Crippen LogP contribution is 2.40. The molecular formula is C26H27NO. The molecule has 0 radical (unpaired) electrons. The van der Waals surface area contributed by atoms with Crippen molar-refractivity contribution >= 4 is 5.78 Å². The van der Waals surface area contributed by atoms with E-state index >= 15 is 0 Å². The van der Waals surface area contributed by atoms with Crippen LogP contribution in [-0.4, -0.2) is 5.78 Å². The van der Waals surface area contributed by atoms with Crippen molar-refractivity contribution < 1.29 is 4.79 Å². The lowest BCUT2D eigenvalue weighted by Gasteiger charge is -2.28. The van der Waals surface area contributed by atoms with Crippen molar-refractivity contribution in [2.45, 2.75) is 44.9 Å². The molecule has 2 heteroatoms. The van der Waals surface area contributed by atoms with Gasteiger partial charge in [-0.2, -0.15) is 5.26 Å². The van der Waals surface area contributed by atoms with Crippen molar-refractivity contribution in [3.63, 3.8) is 0 Å². The van der Waals surface area contributed by atoms with Crippen LogP contribution in [0.25, 0.3) is 0 Å². The summed E-state index contributed by atoms with van der Waals surface area (Å²) in [6, 6.07) is 22.5. The number of benzene rings is 2. The highest BCUT2D eigenvalue weighted by Gasteiger charge is 2.30. The normalized spacial score (nSPS) is 19.0. The lowest BCUT2D eigenvalue weighted by Crippen LogP contribution is -2.22. The number of hydrogen-bond donors (Lipinski definition) is 0.